The van der Waals surface area contributed by atoms with Crippen molar-refractivity contribution >= 4 is 33.6 Å². The predicted octanol–water partition coefficient (Wildman–Crippen LogP) is 28.4. The standard InChI is InChI=1S/C99H166O16P2/c1-4-7-10-13-16-19-22-25-28-31-33-35-37-39-41-43-45-46-48-50-51-53-55-57-59-62-64-67-70-73-76-79-82-85-97(102)109-88-94(100)89-111-116(105,106)112-90-95(101)91-113-117(107,108)114-93-96(115-99(104)87-84-81-78-75-72-69-66-61-30-27-24-21-18-15-12-9-6-3)92-110-98(103)86-83-80-77-74-71-68-65-63-60-58-56-54-52-49-47-44-42-40-38-36-34-32-29-26-23-20-17-14-11-8-5-2/h7-12,16-21,25-30,33-36,39-42,45-46,66,69,94-96,100-101H,4-6,13-15,22-24,31-32,37-38,43-44,47-65,67-68,70-93H2,1-3H3,(H,105,106)(H,107,108)/b10-7-,11-8-,12-9-,19-16-,20-17-,21-18-,28-25-,29-26-,30-27-,35-33-,36-34-,41-39-,42-40-,46-45-,69-66-. The number of rotatable bonds is 86. The van der Waals surface area contributed by atoms with Gasteiger partial charge in [0.1, 0.15) is 25.4 Å². The van der Waals surface area contributed by atoms with Crippen molar-refractivity contribution in [3.05, 3.63) is 182 Å². The molecule has 0 saturated carbocycles. The summed E-state index contributed by atoms with van der Waals surface area (Å²) in [4.78, 5) is 58.9. The molecule has 0 aromatic carbocycles. The normalized spacial score (nSPS) is 14.6. The third-order valence-corrected chi connectivity index (χ3v) is 21.0. The third kappa shape index (κ3) is 91.2. The minimum absolute atomic E-state index is 0.0730. The van der Waals surface area contributed by atoms with Crippen LogP contribution in [-0.2, 0) is 55.8 Å². The molecule has 0 bridgehead atoms. The van der Waals surface area contributed by atoms with Crippen molar-refractivity contribution < 1.29 is 75.8 Å². The van der Waals surface area contributed by atoms with E-state index in [0.717, 1.165) is 173 Å². The van der Waals surface area contributed by atoms with E-state index in [1.807, 2.05) is 0 Å². The molecule has 0 rings (SSSR count). The van der Waals surface area contributed by atoms with Crippen LogP contribution in [0.3, 0.4) is 0 Å². The van der Waals surface area contributed by atoms with Gasteiger partial charge in [-0.05, 0) is 154 Å². The average Bonchev–Trinajstić information content (AvgIpc) is 0.900. The Balaban J connectivity index is 4.51. The van der Waals surface area contributed by atoms with Crippen LogP contribution in [0, 0.1) is 0 Å². The second-order valence-electron chi connectivity index (χ2n) is 30.3. The smallest absolute Gasteiger partial charge is 0.463 e. The van der Waals surface area contributed by atoms with Crippen LogP contribution < -0.4 is 0 Å². The first-order valence-corrected chi connectivity index (χ1v) is 49.1. The fraction of sp³-hybridized carbons (Fsp3) is 0.667. The van der Waals surface area contributed by atoms with Crippen LogP contribution in [0.15, 0.2) is 182 Å². The van der Waals surface area contributed by atoms with E-state index in [1.54, 1.807) is 0 Å². The molecule has 18 heteroatoms. The molecule has 0 aliphatic rings. The molecule has 668 valence electrons. The van der Waals surface area contributed by atoms with Gasteiger partial charge in [0, 0.05) is 19.3 Å². The van der Waals surface area contributed by atoms with Crippen molar-refractivity contribution in [1.29, 1.82) is 0 Å². The molecule has 16 nitrogen and oxygen atoms in total. The lowest BCUT2D eigenvalue weighted by atomic mass is 10.0. The maximum atomic E-state index is 13.0. The van der Waals surface area contributed by atoms with Gasteiger partial charge in [0.25, 0.3) is 0 Å². The molecule has 0 saturated heterocycles. The lowest BCUT2D eigenvalue weighted by molar-refractivity contribution is -0.161. The number of phosphoric acid groups is 2. The molecule has 0 aromatic rings. The first-order chi connectivity index (χ1) is 57.2. The number of carbonyl (C=O) groups excluding carboxylic acids is 3. The van der Waals surface area contributed by atoms with Crippen LogP contribution in [0.2, 0.25) is 0 Å². The van der Waals surface area contributed by atoms with Crippen LogP contribution in [0.25, 0.3) is 0 Å². The molecule has 0 aromatic heterocycles. The zero-order valence-corrected chi connectivity index (χ0v) is 75.4. The van der Waals surface area contributed by atoms with E-state index in [2.05, 4.69) is 203 Å². The van der Waals surface area contributed by atoms with E-state index in [9.17, 15) is 43.5 Å². The summed E-state index contributed by atoms with van der Waals surface area (Å²) >= 11 is 0. The number of phosphoric ester groups is 2. The number of ether oxygens (including phenoxy) is 3. The molecule has 4 N–H and O–H groups in total. The number of carbonyl (C=O) groups is 3. The quantitative estimate of drug-likeness (QED) is 0.0146. The first kappa shape index (κ1) is 112. The zero-order chi connectivity index (χ0) is 85.1. The van der Waals surface area contributed by atoms with Gasteiger partial charge >= 0.3 is 33.6 Å². The summed E-state index contributed by atoms with van der Waals surface area (Å²) in [5, 5.41) is 20.7. The van der Waals surface area contributed by atoms with Crippen molar-refractivity contribution in [3.8, 4) is 0 Å². The Hall–Kier alpha value is -5.35. The van der Waals surface area contributed by atoms with Gasteiger partial charge in [-0.2, -0.15) is 0 Å². The third-order valence-electron chi connectivity index (χ3n) is 19.1. The Bertz CT molecular complexity index is 2860. The summed E-state index contributed by atoms with van der Waals surface area (Å²) < 4.78 is 61.4. The molecular weight excluding hydrogens is 1510 g/mol. The summed E-state index contributed by atoms with van der Waals surface area (Å²) in [7, 11) is -9.82. The van der Waals surface area contributed by atoms with Crippen LogP contribution in [-0.4, -0.2) is 95.9 Å². The minimum atomic E-state index is -4.95. The predicted molar refractivity (Wildman–Crippen MR) is 491 cm³/mol. The van der Waals surface area contributed by atoms with Gasteiger partial charge in [0.2, 0.25) is 0 Å². The summed E-state index contributed by atoms with van der Waals surface area (Å²) in [6.45, 7) is 2.34. The van der Waals surface area contributed by atoms with E-state index in [1.165, 1.54) is 135 Å². The van der Waals surface area contributed by atoms with Gasteiger partial charge in [0.15, 0.2) is 6.10 Å². The van der Waals surface area contributed by atoms with Gasteiger partial charge in [0.05, 0.1) is 26.4 Å². The molecule has 5 unspecified atom stereocenters. The fourth-order valence-corrected chi connectivity index (χ4v) is 13.8. The molecule has 0 aliphatic heterocycles. The van der Waals surface area contributed by atoms with Gasteiger partial charge < -0.3 is 34.2 Å². The van der Waals surface area contributed by atoms with Crippen LogP contribution >= 0.6 is 15.6 Å². The Kier molecular flexibility index (Phi) is 85.8. The zero-order valence-electron chi connectivity index (χ0n) is 73.6. The molecule has 5 atom stereocenters. The van der Waals surface area contributed by atoms with Crippen molar-refractivity contribution in [2.75, 3.05) is 39.6 Å². The highest BCUT2D eigenvalue weighted by Crippen LogP contribution is 2.45. The summed E-state index contributed by atoms with van der Waals surface area (Å²) in [5.41, 5.74) is 0. The average molecular weight is 1670 g/mol. The lowest BCUT2D eigenvalue weighted by Gasteiger charge is -2.21. The monoisotopic (exact) mass is 1670 g/mol. The second kappa shape index (κ2) is 89.9. The Morgan fingerprint density at radius 2 is 0.427 bits per heavy atom. The van der Waals surface area contributed by atoms with E-state index in [-0.39, 0.29) is 19.3 Å². The van der Waals surface area contributed by atoms with Crippen molar-refractivity contribution in [3.63, 3.8) is 0 Å². The maximum Gasteiger partial charge on any atom is 0.472 e. The SMILES string of the molecule is CC/C=C\C/C=C\C/C=C\C/C=C\C/C=C\C/C=C\CCCCCCCCCCCCCCCCC(=O)OCC(O)COP(=O)(O)OCC(O)COP(=O)(O)OCC(COC(=O)CCCCCCCCCCCCCCCCC/C=C\C/C=C\C/C=C\C/C=C\C/C=C\CC)OC(=O)CCCCCC/C=C\C/C=C\C/C=C\C/C=C\CC. The Morgan fingerprint density at radius 1 is 0.239 bits per heavy atom. The number of hydrogen-bond donors (Lipinski definition) is 4. The largest absolute Gasteiger partial charge is 0.472 e. The molecule has 0 amide bonds. The maximum absolute atomic E-state index is 13.0. The van der Waals surface area contributed by atoms with E-state index in [4.69, 9.17) is 32.3 Å². The van der Waals surface area contributed by atoms with Crippen LogP contribution in [0.5, 0.6) is 0 Å². The van der Waals surface area contributed by atoms with Crippen LogP contribution in [0.1, 0.15) is 367 Å². The molecule has 0 heterocycles. The van der Waals surface area contributed by atoms with Crippen molar-refractivity contribution in [2.24, 2.45) is 0 Å². The topological polar surface area (TPSA) is 231 Å². The Morgan fingerprint density at radius 3 is 0.675 bits per heavy atom. The van der Waals surface area contributed by atoms with Gasteiger partial charge in [-0.25, -0.2) is 9.13 Å². The molecule has 0 radical (unpaired) electrons. The fourth-order valence-electron chi connectivity index (χ4n) is 12.2. The van der Waals surface area contributed by atoms with E-state index < -0.39 is 91.5 Å². The van der Waals surface area contributed by atoms with Crippen molar-refractivity contribution in [1.82, 2.24) is 0 Å². The number of unbranched alkanes of at least 4 members (excludes halogenated alkanes) is 33. The Labute approximate surface area is 713 Å². The number of esters is 3. The van der Waals surface area contributed by atoms with E-state index >= 15 is 0 Å². The van der Waals surface area contributed by atoms with Gasteiger partial charge in [-0.15, -0.1) is 0 Å². The molecule has 0 aliphatic carbocycles. The number of aliphatic hydroxyl groups is 2. The highest BCUT2D eigenvalue weighted by Gasteiger charge is 2.29. The molecule has 117 heavy (non-hydrogen) atoms. The first-order valence-electron chi connectivity index (χ1n) is 46.1. The second-order valence-corrected chi connectivity index (χ2v) is 33.2. The molecular formula is C99H166O16P2. The number of allylic oxidation sites excluding steroid dienone is 30. The molecule has 0 fully saturated rings. The van der Waals surface area contributed by atoms with Gasteiger partial charge in [-0.1, -0.05) is 376 Å². The summed E-state index contributed by atoms with van der Waals surface area (Å²) in [6, 6.07) is 0. The summed E-state index contributed by atoms with van der Waals surface area (Å²) in [6.07, 6.45) is 118. The lowest BCUT2D eigenvalue weighted by Crippen LogP contribution is -2.30. The number of aliphatic hydroxyl groups excluding tert-OH is 2. The molecule has 0 spiro atoms. The van der Waals surface area contributed by atoms with Crippen LogP contribution in [0.4, 0.5) is 0 Å². The van der Waals surface area contributed by atoms with E-state index in [0.29, 0.717) is 19.3 Å². The summed E-state index contributed by atoms with van der Waals surface area (Å²) in [5.74, 6) is -1.60. The number of hydrogen-bond acceptors (Lipinski definition) is 14. The minimum Gasteiger partial charge on any atom is -0.463 e. The highest BCUT2D eigenvalue weighted by atomic mass is 31.2. The van der Waals surface area contributed by atoms with Crippen molar-refractivity contribution in [2.45, 2.75) is 386 Å². The highest BCUT2D eigenvalue weighted by molar-refractivity contribution is 7.47. The van der Waals surface area contributed by atoms with Gasteiger partial charge in [-0.3, -0.25) is 32.5 Å².